The Hall–Kier alpha value is -3.60. The van der Waals surface area contributed by atoms with E-state index in [0.29, 0.717) is 27.9 Å². The van der Waals surface area contributed by atoms with E-state index < -0.39 is 23.6 Å². The van der Waals surface area contributed by atoms with Crippen LogP contribution in [-0.4, -0.2) is 23.6 Å². The van der Waals surface area contributed by atoms with Gasteiger partial charge in [-0.3, -0.25) is 14.9 Å². The molecule has 4 rings (SSSR count). The molecule has 0 fully saturated rings. The number of thiazole rings is 1. The number of rotatable bonds is 5. The van der Waals surface area contributed by atoms with E-state index in [-0.39, 0.29) is 18.9 Å². The lowest BCUT2D eigenvalue weighted by atomic mass is 10.2. The monoisotopic (exact) mass is 449 g/mol. The third-order valence-electron chi connectivity index (χ3n) is 4.24. The number of anilines is 2. The molecular formula is C20H14F3N3O4S. The van der Waals surface area contributed by atoms with Gasteiger partial charge in [0.1, 0.15) is 0 Å². The number of nitrogens with one attached hydrogen (secondary N) is 2. The van der Waals surface area contributed by atoms with E-state index in [2.05, 4.69) is 15.6 Å². The molecule has 0 saturated carbocycles. The maximum Gasteiger partial charge on any atom is 0.416 e. The second kappa shape index (κ2) is 8.26. The molecule has 0 spiro atoms. The summed E-state index contributed by atoms with van der Waals surface area (Å²) in [4.78, 5) is 28.7. The predicted octanol–water partition coefficient (Wildman–Crippen LogP) is 4.32. The van der Waals surface area contributed by atoms with Crippen LogP contribution in [-0.2, 0) is 17.4 Å². The number of fused-ring (bicyclic) bond motifs is 1. The van der Waals surface area contributed by atoms with Gasteiger partial charge in [0.2, 0.25) is 12.7 Å². The molecule has 0 aliphatic carbocycles. The van der Waals surface area contributed by atoms with Gasteiger partial charge in [0.15, 0.2) is 16.6 Å². The van der Waals surface area contributed by atoms with Gasteiger partial charge in [-0.05, 0) is 42.5 Å². The molecule has 0 bridgehead atoms. The van der Waals surface area contributed by atoms with Crippen molar-refractivity contribution in [3.8, 4) is 11.5 Å². The van der Waals surface area contributed by atoms with Crippen molar-refractivity contribution in [2.75, 3.05) is 17.4 Å². The average Bonchev–Trinajstić information content (AvgIpc) is 3.36. The molecule has 1 aromatic heterocycles. The molecule has 0 atom stereocenters. The molecule has 2 N–H and O–H groups in total. The largest absolute Gasteiger partial charge is 0.454 e. The fraction of sp³-hybridized carbons (Fsp3) is 0.150. The van der Waals surface area contributed by atoms with E-state index in [1.54, 1.807) is 23.6 Å². The van der Waals surface area contributed by atoms with Gasteiger partial charge < -0.3 is 14.8 Å². The van der Waals surface area contributed by atoms with Crippen LogP contribution in [0.4, 0.5) is 24.0 Å². The zero-order valence-corrected chi connectivity index (χ0v) is 16.5. The standard InChI is InChI=1S/C20H14F3N3O4S/c21-20(22,23)12-2-4-13(5-3-12)24-17(27)8-14-9-31-19(25-14)26-18(28)11-1-6-15-16(7-11)30-10-29-15/h1-7,9H,8,10H2,(H,24,27)(H,25,26,28). The topological polar surface area (TPSA) is 89.6 Å². The normalized spacial score (nSPS) is 12.5. The molecule has 2 heterocycles. The van der Waals surface area contributed by atoms with Crippen molar-refractivity contribution in [1.29, 1.82) is 0 Å². The number of amides is 2. The third kappa shape index (κ3) is 4.94. The van der Waals surface area contributed by atoms with E-state index >= 15 is 0 Å². The molecule has 31 heavy (non-hydrogen) atoms. The summed E-state index contributed by atoms with van der Waals surface area (Å²) in [6.07, 6.45) is -4.54. The molecule has 0 saturated heterocycles. The highest BCUT2D eigenvalue weighted by Crippen LogP contribution is 2.33. The summed E-state index contributed by atoms with van der Waals surface area (Å²) >= 11 is 1.15. The van der Waals surface area contributed by atoms with Gasteiger partial charge in [-0.25, -0.2) is 4.98 Å². The second-order valence-corrected chi connectivity index (χ2v) is 7.32. The van der Waals surface area contributed by atoms with Crippen LogP contribution in [0, 0.1) is 0 Å². The fourth-order valence-corrected chi connectivity index (χ4v) is 3.47. The van der Waals surface area contributed by atoms with Gasteiger partial charge in [0.05, 0.1) is 17.7 Å². The summed E-state index contributed by atoms with van der Waals surface area (Å²) in [6.45, 7) is 0.102. The van der Waals surface area contributed by atoms with Crippen LogP contribution >= 0.6 is 11.3 Å². The molecule has 0 unspecified atom stereocenters. The van der Waals surface area contributed by atoms with Gasteiger partial charge in [-0.2, -0.15) is 13.2 Å². The summed E-state index contributed by atoms with van der Waals surface area (Å²) < 4.78 is 48.2. The first-order valence-electron chi connectivity index (χ1n) is 8.90. The van der Waals surface area contributed by atoms with Crippen LogP contribution in [0.2, 0.25) is 0 Å². The molecule has 2 amide bonds. The summed E-state index contributed by atoms with van der Waals surface area (Å²) in [5.41, 5.74) is 0.217. The molecule has 1 aliphatic rings. The SMILES string of the molecule is O=C(Cc1csc(NC(=O)c2ccc3c(c2)OCO3)n1)Nc1ccc(C(F)(F)F)cc1. The minimum absolute atomic E-state index is 0.0998. The van der Waals surface area contributed by atoms with E-state index in [1.807, 2.05) is 0 Å². The van der Waals surface area contributed by atoms with E-state index in [0.717, 1.165) is 23.5 Å². The molecule has 0 radical (unpaired) electrons. The highest BCUT2D eigenvalue weighted by atomic mass is 32.1. The molecule has 11 heteroatoms. The van der Waals surface area contributed by atoms with Crippen molar-refractivity contribution in [2.45, 2.75) is 12.6 Å². The predicted molar refractivity (Wildman–Crippen MR) is 106 cm³/mol. The average molecular weight is 449 g/mol. The van der Waals surface area contributed by atoms with Crippen molar-refractivity contribution >= 4 is 34.0 Å². The van der Waals surface area contributed by atoms with E-state index in [9.17, 15) is 22.8 Å². The highest BCUT2D eigenvalue weighted by molar-refractivity contribution is 7.14. The van der Waals surface area contributed by atoms with Gasteiger partial charge in [-0.1, -0.05) is 0 Å². The van der Waals surface area contributed by atoms with Gasteiger partial charge in [0, 0.05) is 16.6 Å². The molecule has 7 nitrogen and oxygen atoms in total. The number of aromatic nitrogens is 1. The van der Waals surface area contributed by atoms with Crippen molar-refractivity contribution in [3.63, 3.8) is 0 Å². The maximum absolute atomic E-state index is 12.6. The minimum Gasteiger partial charge on any atom is -0.454 e. The summed E-state index contributed by atoms with van der Waals surface area (Å²) in [7, 11) is 0. The van der Waals surface area contributed by atoms with Crippen molar-refractivity contribution < 1.29 is 32.2 Å². The van der Waals surface area contributed by atoms with Gasteiger partial charge in [-0.15, -0.1) is 11.3 Å². The smallest absolute Gasteiger partial charge is 0.416 e. The first-order chi connectivity index (χ1) is 14.8. The van der Waals surface area contributed by atoms with Crippen LogP contribution in [0.1, 0.15) is 21.6 Å². The Morgan fingerprint density at radius 2 is 1.77 bits per heavy atom. The summed E-state index contributed by atoms with van der Waals surface area (Å²) in [5, 5.41) is 7.08. The van der Waals surface area contributed by atoms with Crippen LogP contribution in [0.5, 0.6) is 11.5 Å². The Kier molecular flexibility index (Phi) is 5.51. The number of ether oxygens (including phenoxy) is 2. The van der Waals surface area contributed by atoms with Crippen molar-refractivity contribution in [1.82, 2.24) is 4.98 Å². The lowest BCUT2D eigenvalue weighted by molar-refractivity contribution is -0.137. The zero-order chi connectivity index (χ0) is 22.0. The maximum atomic E-state index is 12.6. The number of alkyl halides is 3. The lowest BCUT2D eigenvalue weighted by Gasteiger charge is -2.08. The number of carbonyl (C=O) groups excluding carboxylic acids is 2. The number of hydrogen-bond acceptors (Lipinski definition) is 6. The molecular weight excluding hydrogens is 435 g/mol. The van der Waals surface area contributed by atoms with Gasteiger partial charge in [0.25, 0.3) is 5.91 Å². The number of hydrogen-bond donors (Lipinski definition) is 2. The quantitative estimate of drug-likeness (QED) is 0.606. The lowest BCUT2D eigenvalue weighted by Crippen LogP contribution is -2.15. The third-order valence-corrected chi connectivity index (χ3v) is 5.05. The van der Waals surface area contributed by atoms with Crippen LogP contribution in [0.3, 0.4) is 0 Å². The first-order valence-corrected chi connectivity index (χ1v) is 9.78. The fourth-order valence-electron chi connectivity index (χ4n) is 2.76. The molecule has 160 valence electrons. The van der Waals surface area contributed by atoms with E-state index in [4.69, 9.17) is 9.47 Å². The van der Waals surface area contributed by atoms with Crippen LogP contribution in [0.15, 0.2) is 47.8 Å². The highest BCUT2D eigenvalue weighted by Gasteiger charge is 2.30. The van der Waals surface area contributed by atoms with Gasteiger partial charge >= 0.3 is 6.18 Å². The number of halogens is 3. The summed E-state index contributed by atoms with van der Waals surface area (Å²) in [6, 6.07) is 8.93. The molecule has 2 aromatic carbocycles. The summed E-state index contributed by atoms with van der Waals surface area (Å²) in [5.74, 6) is 0.201. The Bertz CT molecular complexity index is 1130. The number of nitrogens with zero attached hydrogens (tertiary/aromatic N) is 1. The van der Waals surface area contributed by atoms with Crippen molar-refractivity contribution in [3.05, 3.63) is 64.7 Å². The molecule has 1 aliphatic heterocycles. The Labute approximate surface area is 177 Å². The second-order valence-electron chi connectivity index (χ2n) is 6.47. The number of carbonyl (C=O) groups is 2. The Morgan fingerprint density at radius 1 is 1.03 bits per heavy atom. The van der Waals surface area contributed by atoms with Crippen molar-refractivity contribution in [2.24, 2.45) is 0 Å². The Morgan fingerprint density at radius 3 is 2.52 bits per heavy atom. The van der Waals surface area contributed by atoms with Crippen LogP contribution < -0.4 is 20.1 Å². The number of benzene rings is 2. The minimum atomic E-state index is -4.44. The first kappa shape index (κ1) is 20.7. The zero-order valence-electron chi connectivity index (χ0n) is 15.7. The van der Waals surface area contributed by atoms with E-state index in [1.165, 1.54) is 12.1 Å². The van der Waals surface area contributed by atoms with Crippen LogP contribution in [0.25, 0.3) is 0 Å². The Balaban J connectivity index is 1.33. The molecule has 3 aromatic rings.